The highest BCUT2D eigenvalue weighted by Crippen LogP contribution is 2.49. The zero-order valence-corrected chi connectivity index (χ0v) is 13.5. The number of allylic oxidation sites excluding steroid dienone is 6. The van der Waals surface area contributed by atoms with Gasteiger partial charge < -0.3 is 10.0 Å². The van der Waals surface area contributed by atoms with E-state index in [4.69, 9.17) is 0 Å². The Morgan fingerprint density at radius 1 is 1.35 bits per heavy atom. The second-order valence-electron chi connectivity index (χ2n) is 6.20. The van der Waals surface area contributed by atoms with Gasteiger partial charge in [-0.1, -0.05) is 37.3 Å². The van der Waals surface area contributed by atoms with Gasteiger partial charge in [-0.2, -0.15) is 0 Å². The molecule has 3 heteroatoms. The molecule has 2 atom stereocenters. The largest absolute Gasteiger partial charge is 0.508 e. The van der Waals surface area contributed by atoms with Crippen molar-refractivity contribution in [2.45, 2.75) is 18.8 Å². The first-order valence-corrected chi connectivity index (χ1v) is 8.02. The van der Waals surface area contributed by atoms with Crippen LogP contribution in [0.1, 0.15) is 18.9 Å². The van der Waals surface area contributed by atoms with Crippen molar-refractivity contribution >= 4 is 0 Å². The molecule has 3 rings (SSSR count). The Labute approximate surface area is 136 Å². The number of nitrogens with zero attached hydrogens (tertiary/aromatic N) is 1. The van der Waals surface area contributed by atoms with E-state index in [1.807, 2.05) is 25.4 Å². The minimum Gasteiger partial charge on any atom is -0.508 e. The first-order chi connectivity index (χ1) is 11.1. The van der Waals surface area contributed by atoms with Crippen LogP contribution in [0.25, 0.3) is 0 Å². The van der Waals surface area contributed by atoms with Gasteiger partial charge in [-0.15, -0.1) is 0 Å². The van der Waals surface area contributed by atoms with Crippen LogP contribution in [0.2, 0.25) is 0 Å². The van der Waals surface area contributed by atoms with E-state index in [0.29, 0.717) is 5.56 Å². The van der Waals surface area contributed by atoms with Crippen molar-refractivity contribution < 1.29 is 9.50 Å². The molecule has 1 aromatic carbocycles. The number of halogens is 1. The first kappa shape index (κ1) is 15.6. The van der Waals surface area contributed by atoms with Crippen LogP contribution in [0.3, 0.4) is 0 Å². The van der Waals surface area contributed by atoms with Gasteiger partial charge in [0.1, 0.15) is 11.6 Å². The molecule has 0 fully saturated rings. The number of aromatic hydroxyl groups is 1. The van der Waals surface area contributed by atoms with Crippen molar-refractivity contribution in [1.82, 2.24) is 4.90 Å². The number of phenolic OH excluding ortho intramolecular Hbond substituents is 1. The quantitative estimate of drug-likeness (QED) is 0.899. The predicted molar refractivity (Wildman–Crippen MR) is 91.7 cm³/mol. The number of hydrogen-bond donors (Lipinski definition) is 1. The van der Waals surface area contributed by atoms with Gasteiger partial charge in [0.05, 0.1) is 0 Å². The van der Waals surface area contributed by atoms with Crippen molar-refractivity contribution in [2.75, 3.05) is 13.6 Å². The summed E-state index contributed by atoms with van der Waals surface area (Å²) < 4.78 is 13.9. The van der Waals surface area contributed by atoms with Crippen LogP contribution in [0, 0.1) is 11.7 Å². The number of rotatable bonds is 3. The second kappa shape index (κ2) is 6.07. The summed E-state index contributed by atoms with van der Waals surface area (Å²) in [5.74, 6) is -0.0231. The maximum atomic E-state index is 13.9. The van der Waals surface area contributed by atoms with Gasteiger partial charge in [-0.25, -0.2) is 4.39 Å². The topological polar surface area (TPSA) is 23.5 Å². The van der Waals surface area contributed by atoms with Crippen molar-refractivity contribution in [3.63, 3.8) is 0 Å². The van der Waals surface area contributed by atoms with E-state index in [2.05, 4.69) is 36.1 Å². The first-order valence-electron chi connectivity index (χ1n) is 8.02. The van der Waals surface area contributed by atoms with Crippen molar-refractivity contribution in [3.8, 4) is 5.75 Å². The van der Waals surface area contributed by atoms with E-state index in [9.17, 15) is 9.50 Å². The Hall–Kier alpha value is -2.29. The number of hydrogen-bond acceptors (Lipinski definition) is 2. The van der Waals surface area contributed by atoms with Gasteiger partial charge in [0.15, 0.2) is 0 Å². The zero-order chi connectivity index (χ0) is 16.4. The van der Waals surface area contributed by atoms with Gasteiger partial charge >= 0.3 is 0 Å². The summed E-state index contributed by atoms with van der Waals surface area (Å²) in [5, 5.41) is 10.5. The third kappa shape index (κ3) is 2.61. The molecular weight excluding hydrogens is 289 g/mol. The molecule has 0 radical (unpaired) electrons. The molecule has 1 aliphatic carbocycles. The normalized spacial score (nSPS) is 26.5. The Bertz CT molecular complexity index is 716. The Morgan fingerprint density at radius 3 is 2.87 bits per heavy atom. The molecule has 0 amide bonds. The summed E-state index contributed by atoms with van der Waals surface area (Å²) >= 11 is 0. The molecule has 1 heterocycles. The highest BCUT2D eigenvalue weighted by atomic mass is 19.1. The molecule has 1 aromatic rings. The second-order valence-corrected chi connectivity index (χ2v) is 6.20. The molecule has 1 N–H and O–H groups in total. The van der Waals surface area contributed by atoms with Gasteiger partial charge in [-0.05, 0) is 48.4 Å². The van der Waals surface area contributed by atoms with Crippen molar-refractivity contribution in [1.29, 1.82) is 0 Å². The summed E-state index contributed by atoms with van der Waals surface area (Å²) in [6.45, 7) is 2.93. The van der Waals surface area contributed by atoms with Crippen LogP contribution in [0.15, 0.2) is 66.4 Å². The molecule has 0 saturated heterocycles. The third-order valence-electron chi connectivity index (χ3n) is 4.83. The fourth-order valence-corrected chi connectivity index (χ4v) is 3.62. The summed E-state index contributed by atoms with van der Waals surface area (Å²) in [7, 11) is 2.02. The lowest BCUT2D eigenvalue weighted by molar-refractivity contribution is 0.397. The average Bonchev–Trinajstić information content (AvgIpc) is 2.57. The molecule has 1 aliphatic heterocycles. The average molecular weight is 311 g/mol. The van der Waals surface area contributed by atoms with Crippen LogP contribution in [0.5, 0.6) is 5.75 Å². The van der Waals surface area contributed by atoms with Crippen LogP contribution < -0.4 is 0 Å². The molecule has 120 valence electrons. The minimum absolute atomic E-state index is 0.137. The monoisotopic (exact) mass is 311 g/mol. The fourth-order valence-electron chi connectivity index (χ4n) is 3.62. The van der Waals surface area contributed by atoms with Gasteiger partial charge in [0.25, 0.3) is 0 Å². The maximum Gasteiger partial charge on any atom is 0.123 e. The van der Waals surface area contributed by atoms with E-state index >= 15 is 0 Å². The molecule has 0 saturated carbocycles. The molecular formula is C20H22FNO. The summed E-state index contributed by atoms with van der Waals surface area (Å²) in [4.78, 5) is 2.09. The van der Waals surface area contributed by atoms with E-state index < -0.39 is 5.41 Å². The van der Waals surface area contributed by atoms with Crippen molar-refractivity contribution in [2.24, 2.45) is 5.92 Å². The molecule has 2 unspecified atom stereocenters. The van der Waals surface area contributed by atoms with Crippen LogP contribution in [-0.4, -0.2) is 23.6 Å². The molecule has 23 heavy (non-hydrogen) atoms. The maximum absolute atomic E-state index is 13.9. The Kier molecular flexibility index (Phi) is 4.12. The molecule has 0 spiro atoms. The molecule has 0 aromatic heterocycles. The standard InChI is InChI=1S/C20H22FNO/c1-3-15-6-4-5-11-20(15,16-9-12-22(2)13-10-16)18-14-17(21)7-8-19(18)23/h4-12,14-15,23H,3,13H2,1-2H3. The van der Waals surface area contributed by atoms with Crippen molar-refractivity contribution in [3.05, 3.63) is 77.8 Å². The third-order valence-corrected chi connectivity index (χ3v) is 4.83. The van der Waals surface area contributed by atoms with E-state index in [-0.39, 0.29) is 17.5 Å². The highest BCUT2D eigenvalue weighted by Gasteiger charge is 2.42. The fraction of sp³-hybridized carbons (Fsp3) is 0.300. The van der Waals surface area contributed by atoms with Gasteiger partial charge in [0, 0.05) is 24.6 Å². The van der Waals surface area contributed by atoms with Crippen LogP contribution in [-0.2, 0) is 5.41 Å². The SMILES string of the molecule is CCC1C=CC=CC1(C1=CCN(C)C=C1)c1cc(F)ccc1O. The number of likely N-dealkylation sites (N-methyl/N-ethyl adjacent to an activating group) is 1. The summed E-state index contributed by atoms with van der Waals surface area (Å²) in [6, 6.07) is 4.22. The summed E-state index contributed by atoms with van der Waals surface area (Å²) in [6.07, 6.45) is 15.4. The predicted octanol–water partition coefficient (Wildman–Crippen LogP) is 4.31. The molecule has 0 bridgehead atoms. The lowest BCUT2D eigenvalue weighted by Crippen LogP contribution is -2.36. The van der Waals surface area contributed by atoms with Crippen LogP contribution >= 0.6 is 0 Å². The van der Waals surface area contributed by atoms with Crippen LogP contribution in [0.4, 0.5) is 4.39 Å². The number of phenols is 1. The Balaban J connectivity index is 2.23. The highest BCUT2D eigenvalue weighted by molar-refractivity contribution is 5.56. The lowest BCUT2D eigenvalue weighted by atomic mass is 9.62. The van der Waals surface area contributed by atoms with E-state index in [0.717, 1.165) is 18.5 Å². The number of benzene rings is 1. The molecule has 2 aliphatic rings. The van der Waals surface area contributed by atoms with Gasteiger partial charge in [0.2, 0.25) is 0 Å². The summed E-state index contributed by atoms with van der Waals surface area (Å²) in [5.41, 5.74) is 1.20. The zero-order valence-electron chi connectivity index (χ0n) is 13.5. The molecule has 2 nitrogen and oxygen atoms in total. The Morgan fingerprint density at radius 2 is 2.17 bits per heavy atom. The lowest BCUT2D eigenvalue weighted by Gasteiger charge is -2.41. The van der Waals surface area contributed by atoms with E-state index in [1.165, 1.54) is 18.2 Å². The van der Waals surface area contributed by atoms with Gasteiger partial charge in [-0.3, -0.25) is 0 Å². The minimum atomic E-state index is -0.534. The van der Waals surface area contributed by atoms with E-state index in [1.54, 1.807) is 0 Å². The smallest absolute Gasteiger partial charge is 0.123 e.